The maximum absolute atomic E-state index is 11.2. The van der Waals surface area contributed by atoms with Crippen molar-refractivity contribution in [3.63, 3.8) is 0 Å². The van der Waals surface area contributed by atoms with Gasteiger partial charge >= 0.3 is 5.97 Å². The van der Waals surface area contributed by atoms with E-state index in [0.717, 1.165) is 11.3 Å². The first-order valence-electron chi connectivity index (χ1n) is 5.71. The van der Waals surface area contributed by atoms with Crippen LogP contribution in [0, 0.1) is 0 Å². The van der Waals surface area contributed by atoms with Gasteiger partial charge in [0.1, 0.15) is 11.8 Å². The molecule has 0 amide bonds. The average molecular weight is 237 g/mol. The molecule has 0 saturated carbocycles. The Bertz CT molecular complexity index is 365. The molecule has 0 fully saturated rings. The highest BCUT2D eigenvalue weighted by molar-refractivity contribution is 5.75. The van der Waals surface area contributed by atoms with Crippen molar-refractivity contribution in [3.05, 3.63) is 29.8 Å². The van der Waals surface area contributed by atoms with E-state index < -0.39 is 0 Å². The van der Waals surface area contributed by atoms with Crippen molar-refractivity contribution in [2.24, 2.45) is 0 Å². The third-order valence-corrected chi connectivity index (χ3v) is 2.43. The Morgan fingerprint density at radius 2 is 2.12 bits per heavy atom. The maximum Gasteiger partial charge on any atom is 0.322 e. The lowest BCUT2D eigenvalue weighted by atomic mass is 10.2. The third kappa shape index (κ3) is 4.07. The van der Waals surface area contributed by atoms with E-state index in [1.54, 1.807) is 6.92 Å². The second-order valence-corrected chi connectivity index (χ2v) is 3.67. The fourth-order valence-electron chi connectivity index (χ4n) is 1.47. The molecule has 1 rings (SSSR count). The standard InChI is InChI=1S/C13H19NO3/c1-4-17-12-8-6-5-7-11(12)9-14-10(2)13(15)16-3/h5-8,10,14H,4,9H2,1-3H3/t10-/m0/s1. The molecule has 0 bridgehead atoms. The molecule has 17 heavy (non-hydrogen) atoms. The molecule has 0 aliphatic rings. The topological polar surface area (TPSA) is 47.6 Å². The Morgan fingerprint density at radius 3 is 2.76 bits per heavy atom. The van der Waals surface area contributed by atoms with Crippen LogP contribution in [0.4, 0.5) is 0 Å². The largest absolute Gasteiger partial charge is 0.494 e. The monoisotopic (exact) mass is 237 g/mol. The Balaban J connectivity index is 2.59. The van der Waals surface area contributed by atoms with Gasteiger partial charge in [-0.25, -0.2) is 0 Å². The zero-order valence-electron chi connectivity index (χ0n) is 10.5. The zero-order chi connectivity index (χ0) is 12.7. The highest BCUT2D eigenvalue weighted by atomic mass is 16.5. The second-order valence-electron chi connectivity index (χ2n) is 3.67. The van der Waals surface area contributed by atoms with Gasteiger partial charge in [0.05, 0.1) is 13.7 Å². The van der Waals surface area contributed by atoms with Crippen LogP contribution in [-0.4, -0.2) is 25.7 Å². The number of methoxy groups -OCH3 is 1. The van der Waals surface area contributed by atoms with Gasteiger partial charge in [0.2, 0.25) is 0 Å². The summed E-state index contributed by atoms with van der Waals surface area (Å²) < 4.78 is 10.1. The van der Waals surface area contributed by atoms with Gasteiger partial charge in [0.15, 0.2) is 0 Å². The number of benzene rings is 1. The quantitative estimate of drug-likeness (QED) is 0.765. The summed E-state index contributed by atoms with van der Waals surface area (Å²) >= 11 is 0. The van der Waals surface area contributed by atoms with Crippen LogP contribution in [-0.2, 0) is 16.1 Å². The summed E-state index contributed by atoms with van der Waals surface area (Å²) in [5.74, 6) is 0.582. The van der Waals surface area contributed by atoms with Crippen molar-refractivity contribution in [2.45, 2.75) is 26.4 Å². The van der Waals surface area contributed by atoms with Gasteiger partial charge in [-0.05, 0) is 19.9 Å². The van der Waals surface area contributed by atoms with Gasteiger partial charge in [0, 0.05) is 12.1 Å². The van der Waals surface area contributed by atoms with Crippen LogP contribution in [0.15, 0.2) is 24.3 Å². The first-order chi connectivity index (χ1) is 8.19. The van der Waals surface area contributed by atoms with Crippen molar-refractivity contribution in [1.29, 1.82) is 0 Å². The minimum Gasteiger partial charge on any atom is -0.494 e. The molecule has 94 valence electrons. The van der Waals surface area contributed by atoms with Crippen LogP contribution >= 0.6 is 0 Å². The SMILES string of the molecule is CCOc1ccccc1CN[C@@H](C)C(=O)OC. The Kier molecular flexibility index (Phi) is 5.49. The van der Waals surface area contributed by atoms with Crippen molar-refractivity contribution in [2.75, 3.05) is 13.7 Å². The van der Waals surface area contributed by atoms with Crippen LogP contribution in [0.5, 0.6) is 5.75 Å². The van der Waals surface area contributed by atoms with Crippen molar-refractivity contribution >= 4 is 5.97 Å². The normalized spacial score (nSPS) is 11.9. The molecule has 0 aliphatic carbocycles. The molecule has 4 nitrogen and oxygen atoms in total. The number of rotatable bonds is 6. The van der Waals surface area contributed by atoms with Crippen LogP contribution in [0.2, 0.25) is 0 Å². The van der Waals surface area contributed by atoms with Crippen molar-refractivity contribution < 1.29 is 14.3 Å². The fourth-order valence-corrected chi connectivity index (χ4v) is 1.47. The number of ether oxygens (including phenoxy) is 2. The van der Waals surface area contributed by atoms with Gasteiger partial charge in [-0.1, -0.05) is 18.2 Å². The minimum absolute atomic E-state index is 0.265. The fraction of sp³-hybridized carbons (Fsp3) is 0.462. The van der Waals surface area contributed by atoms with Gasteiger partial charge in [-0.15, -0.1) is 0 Å². The van der Waals surface area contributed by atoms with Crippen LogP contribution in [0.1, 0.15) is 19.4 Å². The molecule has 1 atom stereocenters. The maximum atomic E-state index is 11.2. The van der Waals surface area contributed by atoms with Gasteiger partial charge in [-0.2, -0.15) is 0 Å². The summed E-state index contributed by atoms with van der Waals surface area (Å²) in [6.45, 7) is 4.92. The molecule has 0 saturated heterocycles. The summed E-state index contributed by atoms with van der Waals surface area (Å²) in [6, 6.07) is 7.45. The van der Waals surface area contributed by atoms with E-state index in [-0.39, 0.29) is 12.0 Å². The van der Waals surface area contributed by atoms with Gasteiger partial charge < -0.3 is 14.8 Å². The lowest BCUT2D eigenvalue weighted by Crippen LogP contribution is -2.34. The summed E-state index contributed by atoms with van der Waals surface area (Å²) in [4.78, 5) is 11.2. The number of hydrogen-bond acceptors (Lipinski definition) is 4. The van der Waals surface area contributed by atoms with Gasteiger partial charge in [0.25, 0.3) is 0 Å². The zero-order valence-corrected chi connectivity index (χ0v) is 10.5. The smallest absolute Gasteiger partial charge is 0.322 e. The molecular weight excluding hydrogens is 218 g/mol. The second kappa shape index (κ2) is 6.91. The predicted molar refractivity (Wildman–Crippen MR) is 65.9 cm³/mol. The van der Waals surface area contributed by atoms with Crippen LogP contribution in [0.3, 0.4) is 0 Å². The molecule has 4 heteroatoms. The highest BCUT2D eigenvalue weighted by Crippen LogP contribution is 2.17. The lowest BCUT2D eigenvalue weighted by molar-refractivity contribution is -0.142. The number of para-hydroxylation sites is 1. The van der Waals surface area contributed by atoms with E-state index >= 15 is 0 Å². The Morgan fingerprint density at radius 1 is 1.41 bits per heavy atom. The first kappa shape index (κ1) is 13.5. The number of esters is 1. The number of hydrogen-bond donors (Lipinski definition) is 1. The first-order valence-corrected chi connectivity index (χ1v) is 5.71. The third-order valence-electron chi connectivity index (χ3n) is 2.43. The highest BCUT2D eigenvalue weighted by Gasteiger charge is 2.12. The summed E-state index contributed by atoms with van der Waals surface area (Å²) in [5, 5.41) is 3.09. The van der Waals surface area contributed by atoms with Crippen LogP contribution < -0.4 is 10.1 Å². The van der Waals surface area contributed by atoms with E-state index in [1.165, 1.54) is 7.11 Å². The minimum atomic E-state index is -0.324. The van der Waals surface area contributed by atoms with Crippen LogP contribution in [0.25, 0.3) is 0 Å². The molecule has 0 radical (unpaired) electrons. The molecule has 1 N–H and O–H groups in total. The molecule has 0 aliphatic heterocycles. The summed E-state index contributed by atoms with van der Waals surface area (Å²) in [6.07, 6.45) is 0. The van der Waals surface area contributed by atoms with Crippen molar-refractivity contribution in [3.8, 4) is 5.75 Å². The molecule has 0 spiro atoms. The molecular formula is C13H19NO3. The number of nitrogens with one attached hydrogen (secondary N) is 1. The predicted octanol–water partition coefficient (Wildman–Crippen LogP) is 1.74. The van der Waals surface area contributed by atoms with E-state index in [2.05, 4.69) is 10.1 Å². The van der Waals surface area contributed by atoms with Gasteiger partial charge in [-0.3, -0.25) is 4.79 Å². The molecule has 0 aromatic heterocycles. The lowest BCUT2D eigenvalue weighted by Gasteiger charge is -2.14. The molecule has 1 aromatic carbocycles. The van der Waals surface area contributed by atoms with E-state index in [9.17, 15) is 4.79 Å². The van der Waals surface area contributed by atoms with E-state index in [0.29, 0.717) is 13.2 Å². The number of carbonyl (C=O) groups excluding carboxylic acids is 1. The molecule has 0 unspecified atom stereocenters. The summed E-state index contributed by atoms with van der Waals surface area (Å²) in [5.41, 5.74) is 1.03. The molecule has 0 heterocycles. The number of carbonyl (C=O) groups is 1. The Labute approximate surface area is 102 Å². The van der Waals surface area contributed by atoms with Crippen molar-refractivity contribution in [1.82, 2.24) is 5.32 Å². The Hall–Kier alpha value is -1.55. The summed E-state index contributed by atoms with van der Waals surface area (Å²) in [7, 11) is 1.38. The van der Waals surface area contributed by atoms with E-state index in [1.807, 2.05) is 31.2 Å². The molecule has 1 aromatic rings. The van der Waals surface area contributed by atoms with E-state index in [4.69, 9.17) is 4.74 Å². The average Bonchev–Trinajstić information content (AvgIpc) is 2.36.